The second-order valence-corrected chi connectivity index (χ2v) is 9.89. The van der Waals surface area contributed by atoms with Crippen LogP contribution < -0.4 is 4.90 Å². The zero-order valence-corrected chi connectivity index (χ0v) is 19.7. The molecule has 0 saturated carbocycles. The number of fused-ring (bicyclic) bond motifs is 3. The van der Waals surface area contributed by atoms with E-state index in [-0.39, 0.29) is 18.6 Å². The highest BCUT2D eigenvalue weighted by Gasteiger charge is 2.40. The topological polar surface area (TPSA) is 79.5 Å². The number of β-amino-alcohol motifs (C(OH)–C–C–N with tert-alkyl or cyclic N) is 1. The number of piperidine rings is 1. The van der Waals surface area contributed by atoms with Crippen molar-refractivity contribution in [1.29, 1.82) is 0 Å². The zero-order chi connectivity index (χ0) is 23.4. The number of nitrogens with zero attached hydrogens (tertiary/aromatic N) is 6. The highest BCUT2D eigenvalue weighted by Crippen LogP contribution is 2.36. The third kappa shape index (κ3) is 3.76. The molecule has 4 unspecified atom stereocenters. The molecule has 3 saturated heterocycles. The number of aliphatic hydroxyl groups is 1. The first-order valence-corrected chi connectivity index (χ1v) is 12.2. The fraction of sp³-hybridized carbons (Fsp3) is 0.560. The van der Waals surface area contributed by atoms with E-state index in [1.807, 2.05) is 28.8 Å². The molecule has 180 valence electrons. The van der Waals surface area contributed by atoms with E-state index in [0.29, 0.717) is 25.0 Å². The van der Waals surface area contributed by atoms with Crippen molar-refractivity contribution >= 4 is 16.7 Å². The van der Waals surface area contributed by atoms with Crippen LogP contribution in [0.4, 0.5) is 10.2 Å². The number of anilines is 1. The molecule has 3 aliphatic rings. The molecule has 2 bridgehead atoms. The summed E-state index contributed by atoms with van der Waals surface area (Å²) in [6, 6.07) is 6.57. The molecule has 3 aliphatic heterocycles. The normalized spacial score (nSPS) is 27.2. The number of aryl methyl sites for hydroxylation is 2. The van der Waals surface area contributed by atoms with Crippen molar-refractivity contribution in [1.82, 2.24) is 24.6 Å². The highest BCUT2D eigenvalue weighted by molar-refractivity contribution is 5.82. The summed E-state index contributed by atoms with van der Waals surface area (Å²) < 4.78 is 22.8. The maximum Gasteiger partial charge on any atom is 0.159 e. The molecule has 2 aromatic heterocycles. The lowest BCUT2D eigenvalue weighted by Gasteiger charge is -2.35. The molecule has 0 aliphatic carbocycles. The summed E-state index contributed by atoms with van der Waals surface area (Å²) in [5.74, 6) is 2.18. The van der Waals surface area contributed by atoms with Crippen molar-refractivity contribution in [2.24, 2.45) is 0 Å². The fourth-order valence-corrected chi connectivity index (χ4v) is 5.92. The molecule has 0 radical (unpaired) electrons. The van der Waals surface area contributed by atoms with Gasteiger partial charge in [-0.3, -0.25) is 4.90 Å². The number of aromatic nitrogens is 4. The summed E-state index contributed by atoms with van der Waals surface area (Å²) in [6.07, 6.45) is 2.96. The summed E-state index contributed by atoms with van der Waals surface area (Å²) >= 11 is 0. The average molecular weight is 467 g/mol. The van der Waals surface area contributed by atoms with Gasteiger partial charge in [-0.05, 0) is 56.5 Å². The Bertz CT molecular complexity index is 1220. The van der Waals surface area contributed by atoms with Crippen molar-refractivity contribution in [2.75, 3.05) is 44.3 Å². The van der Waals surface area contributed by atoms with E-state index in [1.165, 1.54) is 0 Å². The Labute approximate surface area is 198 Å². The number of halogens is 1. The van der Waals surface area contributed by atoms with Crippen molar-refractivity contribution in [2.45, 2.75) is 50.9 Å². The summed E-state index contributed by atoms with van der Waals surface area (Å²) in [5, 5.41) is 14.9. The molecule has 5 heterocycles. The van der Waals surface area contributed by atoms with E-state index in [0.717, 1.165) is 66.2 Å². The predicted molar refractivity (Wildman–Crippen MR) is 127 cm³/mol. The highest BCUT2D eigenvalue weighted by atomic mass is 19.1. The van der Waals surface area contributed by atoms with Crippen molar-refractivity contribution < 1.29 is 14.2 Å². The van der Waals surface area contributed by atoms with Crippen LogP contribution in [0.15, 0.2) is 24.4 Å². The molecule has 34 heavy (non-hydrogen) atoms. The largest absolute Gasteiger partial charge is 0.395 e. The van der Waals surface area contributed by atoms with Crippen LogP contribution in [0.5, 0.6) is 0 Å². The van der Waals surface area contributed by atoms with E-state index in [9.17, 15) is 5.11 Å². The average Bonchev–Trinajstić information content (AvgIpc) is 3.54. The fourth-order valence-electron chi connectivity index (χ4n) is 5.92. The van der Waals surface area contributed by atoms with Crippen molar-refractivity contribution in [3.05, 3.63) is 41.3 Å². The SMILES string of the molecule is Cc1nc(N2CC3CC2CO3)cc(-n2ncc3cc(C)c(C4CCN(CCO)CC4F)cc32)n1. The Morgan fingerprint density at radius 3 is 2.74 bits per heavy atom. The van der Waals surface area contributed by atoms with Crippen LogP contribution in [0.2, 0.25) is 0 Å². The Balaban J connectivity index is 1.36. The molecule has 4 atom stereocenters. The van der Waals surface area contributed by atoms with Crippen LogP contribution in [0, 0.1) is 13.8 Å². The van der Waals surface area contributed by atoms with Gasteiger partial charge in [-0.25, -0.2) is 19.0 Å². The minimum absolute atomic E-state index is 0.0632. The minimum atomic E-state index is -0.964. The number of likely N-dealkylation sites (tertiary alicyclic amines) is 1. The lowest BCUT2D eigenvalue weighted by Crippen LogP contribution is -2.42. The van der Waals surface area contributed by atoms with E-state index in [2.05, 4.69) is 29.1 Å². The molecule has 1 aromatic carbocycles. The van der Waals surface area contributed by atoms with Gasteiger partial charge in [0, 0.05) is 37.0 Å². The number of hydrogen-bond donors (Lipinski definition) is 1. The first-order chi connectivity index (χ1) is 16.5. The maximum absolute atomic E-state index is 15.2. The van der Waals surface area contributed by atoms with Gasteiger partial charge in [-0.2, -0.15) is 5.10 Å². The van der Waals surface area contributed by atoms with Crippen LogP contribution in [-0.2, 0) is 4.74 Å². The Kier molecular flexibility index (Phi) is 5.50. The molecular formula is C25H31FN6O2. The third-order valence-electron chi connectivity index (χ3n) is 7.62. The number of ether oxygens (including phenoxy) is 1. The number of hydrogen-bond acceptors (Lipinski definition) is 7. The van der Waals surface area contributed by atoms with Gasteiger partial charge in [-0.15, -0.1) is 0 Å². The Morgan fingerprint density at radius 2 is 2.00 bits per heavy atom. The lowest BCUT2D eigenvalue weighted by molar-refractivity contribution is 0.0988. The summed E-state index contributed by atoms with van der Waals surface area (Å²) in [4.78, 5) is 13.7. The first kappa shape index (κ1) is 21.9. The van der Waals surface area contributed by atoms with E-state index < -0.39 is 6.17 Å². The molecule has 8 nitrogen and oxygen atoms in total. The number of morpholine rings is 1. The predicted octanol–water partition coefficient (Wildman–Crippen LogP) is 2.53. The molecule has 3 fully saturated rings. The van der Waals surface area contributed by atoms with Crippen LogP contribution in [0.25, 0.3) is 16.7 Å². The molecule has 6 rings (SSSR count). The Hall–Kier alpha value is -2.62. The lowest BCUT2D eigenvalue weighted by atomic mass is 9.85. The van der Waals surface area contributed by atoms with Crippen molar-refractivity contribution in [3.8, 4) is 5.82 Å². The molecule has 1 N–H and O–H groups in total. The van der Waals surface area contributed by atoms with E-state index >= 15 is 4.39 Å². The van der Waals surface area contributed by atoms with Crippen LogP contribution in [0.1, 0.15) is 35.7 Å². The standard InChI is InChI=1S/C25H31FN6O2/c1-15-7-17-11-27-32(23(17)9-21(15)20-3-4-30(5-6-33)13-22(20)26)25-10-24(28-16(2)29-25)31-12-19-8-18(31)14-34-19/h7,9-11,18-20,22,33H,3-6,8,12-14H2,1-2H3. The third-order valence-corrected chi connectivity index (χ3v) is 7.62. The quantitative estimate of drug-likeness (QED) is 0.619. The molecule has 3 aromatic rings. The number of benzene rings is 1. The molecule has 0 spiro atoms. The zero-order valence-electron chi connectivity index (χ0n) is 19.7. The second kappa shape index (κ2) is 8.55. The van der Waals surface area contributed by atoms with Gasteiger partial charge >= 0.3 is 0 Å². The van der Waals surface area contributed by atoms with Gasteiger partial charge in [0.2, 0.25) is 0 Å². The van der Waals surface area contributed by atoms with E-state index in [4.69, 9.17) is 14.7 Å². The number of aliphatic hydroxyl groups excluding tert-OH is 1. The molecule has 9 heteroatoms. The van der Waals surface area contributed by atoms with E-state index in [1.54, 1.807) is 0 Å². The molecular weight excluding hydrogens is 435 g/mol. The smallest absolute Gasteiger partial charge is 0.159 e. The summed E-state index contributed by atoms with van der Waals surface area (Å²) in [6.45, 7) is 7.31. The summed E-state index contributed by atoms with van der Waals surface area (Å²) in [7, 11) is 0. The Morgan fingerprint density at radius 1 is 1.15 bits per heavy atom. The van der Waals surface area contributed by atoms with Crippen LogP contribution in [0.3, 0.4) is 0 Å². The van der Waals surface area contributed by atoms with Gasteiger partial charge in [0.05, 0.1) is 37.1 Å². The number of rotatable bonds is 5. The number of alkyl halides is 1. The molecule has 0 amide bonds. The van der Waals surface area contributed by atoms with Gasteiger partial charge in [0.15, 0.2) is 5.82 Å². The van der Waals surface area contributed by atoms with Gasteiger partial charge < -0.3 is 14.7 Å². The van der Waals surface area contributed by atoms with Crippen LogP contribution >= 0.6 is 0 Å². The second-order valence-electron chi connectivity index (χ2n) is 9.89. The minimum Gasteiger partial charge on any atom is -0.395 e. The van der Waals surface area contributed by atoms with Crippen molar-refractivity contribution in [3.63, 3.8) is 0 Å². The monoisotopic (exact) mass is 466 g/mol. The first-order valence-electron chi connectivity index (χ1n) is 12.2. The van der Waals surface area contributed by atoms with Gasteiger partial charge in [0.1, 0.15) is 17.8 Å². The van der Waals surface area contributed by atoms with Gasteiger partial charge in [-0.1, -0.05) is 0 Å². The summed E-state index contributed by atoms with van der Waals surface area (Å²) in [5.41, 5.74) is 3.05. The maximum atomic E-state index is 15.2. The van der Waals surface area contributed by atoms with Crippen LogP contribution in [-0.4, -0.2) is 87.5 Å². The van der Waals surface area contributed by atoms with Gasteiger partial charge in [0.25, 0.3) is 0 Å².